The number of nitrogen functional groups attached to an aromatic ring is 1. The molecule has 0 heterocycles. The van der Waals surface area contributed by atoms with Crippen molar-refractivity contribution in [1.82, 2.24) is 4.90 Å². The van der Waals surface area contributed by atoms with Gasteiger partial charge in [-0.1, -0.05) is 13.8 Å². The van der Waals surface area contributed by atoms with Gasteiger partial charge in [0.2, 0.25) is 0 Å². The molecule has 0 saturated carbocycles. The quantitative estimate of drug-likeness (QED) is 0.788. The Morgan fingerprint density at radius 1 is 1.30 bits per heavy atom. The molecule has 20 heavy (non-hydrogen) atoms. The fraction of sp³-hybridized carbons (Fsp3) is 0.500. The van der Waals surface area contributed by atoms with Crippen LogP contribution in [0, 0.1) is 11.6 Å². The van der Waals surface area contributed by atoms with Crippen LogP contribution in [0.15, 0.2) is 12.1 Å². The standard InChI is InChI=1S/C14H20F2N2O2/c1-3-9(4-2)18(5-6-19)14(20)10-7-11(15)12(16)8-13(10)17/h7-9,19H,3-6,17H2,1-2H3. The van der Waals surface area contributed by atoms with Crippen molar-refractivity contribution in [2.24, 2.45) is 0 Å². The van der Waals surface area contributed by atoms with Gasteiger partial charge in [0.1, 0.15) is 0 Å². The van der Waals surface area contributed by atoms with Crippen molar-refractivity contribution >= 4 is 11.6 Å². The Bertz CT molecular complexity index is 476. The largest absolute Gasteiger partial charge is 0.398 e. The number of amides is 1. The summed E-state index contributed by atoms with van der Waals surface area (Å²) in [5, 5.41) is 9.08. The molecule has 112 valence electrons. The highest BCUT2D eigenvalue weighted by atomic mass is 19.2. The molecule has 0 aromatic heterocycles. The monoisotopic (exact) mass is 286 g/mol. The molecule has 4 nitrogen and oxygen atoms in total. The first kappa shape index (κ1) is 16.4. The number of carbonyl (C=O) groups is 1. The number of halogens is 2. The summed E-state index contributed by atoms with van der Waals surface area (Å²) in [5.74, 6) is -2.70. The van der Waals surface area contributed by atoms with Crippen molar-refractivity contribution in [3.63, 3.8) is 0 Å². The molecule has 1 aromatic rings. The van der Waals surface area contributed by atoms with Crippen LogP contribution in [0.1, 0.15) is 37.0 Å². The summed E-state index contributed by atoms with van der Waals surface area (Å²) in [4.78, 5) is 13.9. The molecule has 3 N–H and O–H groups in total. The van der Waals surface area contributed by atoms with Crippen molar-refractivity contribution < 1.29 is 18.7 Å². The first-order valence-corrected chi connectivity index (χ1v) is 6.62. The molecule has 0 aliphatic carbocycles. The second kappa shape index (κ2) is 7.19. The molecule has 1 aromatic carbocycles. The summed E-state index contributed by atoms with van der Waals surface area (Å²) in [6.07, 6.45) is 1.40. The first-order chi connectivity index (χ1) is 9.46. The van der Waals surface area contributed by atoms with Gasteiger partial charge < -0.3 is 15.7 Å². The van der Waals surface area contributed by atoms with Crippen molar-refractivity contribution in [2.75, 3.05) is 18.9 Å². The zero-order valence-corrected chi connectivity index (χ0v) is 11.7. The minimum Gasteiger partial charge on any atom is -0.398 e. The van der Waals surface area contributed by atoms with E-state index in [2.05, 4.69) is 0 Å². The van der Waals surface area contributed by atoms with E-state index in [0.29, 0.717) is 12.8 Å². The SMILES string of the molecule is CCC(CC)N(CCO)C(=O)c1cc(F)c(F)cc1N. The van der Waals surface area contributed by atoms with Crippen molar-refractivity contribution in [1.29, 1.82) is 0 Å². The normalized spacial score (nSPS) is 10.9. The van der Waals surface area contributed by atoms with Crippen LogP contribution < -0.4 is 5.73 Å². The zero-order valence-electron chi connectivity index (χ0n) is 11.7. The molecule has 1 rings (SSSR count). The molecule has 0 aliphatic rings. The maximum absolute atomic E-state index is 13.3. The fourth-order valence-electron chi connectivity index (χ4n) is 2.19. The second-order valence-corrected chi connectivity index (χ2v) is 4.55. The maximum atomic E-state index is 13.3. The summed E-state index contributed by atoms with van der Waals surface area (Å²) in [5.41, 5.74) is 5.40. The molecular formula is C14H20F2N2O2. The Morgan fingerprint density at radius 2 is 1.85 bits per heavy atom. The summed E-state index contributed by atoms with van der Waals surface area (Å²) in [6, 6.07) is 1.52. The van der Waals surface area contributed by atoms with E-state index < -0.39 is 17.5 Å². The van der Waals surface area contributed by atoms with Crippen LogP contribution in [0.3, 0.4) is 0 Å². The number of aliphatic hydroxyl groups is 1. The van der Waals surface area contributed by atoms with Gasteiger partial charge in [0.25, 0.3) is 5.91 Å². The predicted molar refractivity (Wildman–Crippen MR) is 73.3 cm³/mol. The summed E-state index contributed by atoms with van der Waals surface area (Å²) < 4.78 is 26.3. The van der Waals surface area contributed by atoms with Gasteiger partial charge in [-0.2, -0.15) is 0 Å². The van der Waals surface area contributed by atoms with Gasteiger partial charge >= 0.3 is 0 Å². The predicted octanol–water partition coefficient (Wildman–Crippen LogP) is 2.17. The van der Waals surface area contributed by atoms with Crippen LogP contribution in [0.25, 0.3) is 0 Å². The van der Waals surface area contributed by atoms with Gasteiger partial charge in [-0.25, -0.2) is 8.78 Å². The maximum Gasteiger partial charge on any atom is 0.256 e. The van der Waals surface area contributed by atoms with Gasteiger partial charge in [-0.3, -0.25) is 4.79 Å². The van der Waals surface area contributed by atoms with Crippen LogP contribution >= 0.6 is 0 Å². The van der Waals surface area contributed by atoms with E-state index in [0.717, 1.165) is 12.1 Å². The average molecular weight is 286 g/mol. The Hall–Kier alpha value is -1.69. The molecule has 0 aliphatic heterocycles. The van der Waals surface area contributed by atoms with E-state index in [4.69, 9.17) is 10.8 Å². The molecule has 0 spiro atoms. The summed E-state index contributed by atoms with van der Waals surface area (Å²) in [6.45, 7) is 3.76. The Morgan fingerprint density at radius 3 is 2.35 bits per heavy atom. The molecule has 6 heteroatoms. The zero-order chi connectivity index (χ0) is 15.3. The van der Waals surface area contributed by atoms with Gasteiger partial charge in [0, 0.05) is 24.3 Å². The van der Waals surface area contributed by atoms with E-state index in [1.165, 1.54) is 4.90 Å². The van der Waals surface area contributed by atoms with Gasteiger partial charge in [0.15, 0.2) is 11.6 Å². The van der Waals surface area contributed by atoms with Gasteiger partial charge in [-0.15, -0.1) is 0 Å². The van der Waals surface area contributed by atoms with Crippen LogP contribution in [-0.4, -0.2) is 35.1 Å². The third-order valence-electron chi connectivity index (χ3n) is 3.31. The lowest BCUT2D eigenvalue weighted by molar-refractivity contribution is 0.0623. The number of nitrogens with zero attached hydrogens (tertiary/aromatic N) is 1. The lowest BCUT2D eigenvalue weighted by atomic mass is 10.1. The number of benzene rings is 1. The summed E-state index contributed by atoms with van der Waals surface area (Å²) in [7, 11) is 0. The molecule has 0 atom stereocenters. The minimum atomic E-state index is -1.11. The fourth-order valence-corrected chi connectivity index (χ4v) is 2.19. The number of nitrogens with two attached hydrogens (primary N) is 1. The van der Waals surface area contributed by atoms with Crippen LogP contribution in [0.5, 0.6) is 0 Å². The van der Waals surface area contributed by atoms with Crippen LogP contribution in [-0.2, 0) is 0 Å². The topological polar surface area (TPSA) is 66.6 Å². The van der Waals surface area contributed by atoms with Crippen molar-refractivity contribution in [2.45, 2.75) is 32.7 Å². The van der Waals surface area contributed by atoms with Crippen LogP contribution in [0.4, 0.5) is 14.5 Å². The van der Waals surface area contributed by atoms with E-state index >= 15 is 0 Å². The highest BCUT2D eigenvalue weighted by Gasteiger charge is 2.24. The van der Waals surface area contributed by atoms with Gasteiger partial charge in [0.05, 0.1) is 12.2 Å². The Balaban J connectivity index is 3.15. The molecular weight excluding hydrogens is 266 g/mol. The highest BCUT2D eigenvalue weighted by Crippen LogP contribution is 2.21. The number of aliphatic hydroxyl groups excluding tert-OH is 1. The molecule has 0 radical (unpaired) electrons. The van der Waals surface area contributed by atoms with E-state index in [1.807, 2.05) is 13.8 Å². The lowest BCUT2D eigenvalue weighted by Gasteiger charge is -2.30. The lowest BCUT2D eigenvalue weighted by Crippen LogP contribution is -2.41. The highest BCUT2D eigenvalue weighted by molar-refractivity contribution is 5.99. The Labute approximate surface area is 117 Å². The minimum absolute atomic E-state index is 0.0794. The number of carbonyl (C=O) groups excluding carboxylic acids is 1. The number of rotatable bonds is 6. The number of hydrogen-bond acceptors (Lipinski definition) is 3. The number of hydrogen-bond donors (Lipinski definition) is 2. The third kappa shape index (κ3) is 3.45. The van der Waals surface area contributed by atoms with E-state index in [-0.39, 0.29) is 30.4 Å². The molecule has 0 saturated heterocycles. The summed E-state index contributed by atoms with van der Waals surface area (Å²) >= 11 is 0. The first-order valence-electron chi connectivity index (χ1n) is 6.62. The van der Waals surface area contributed by atoms with Crippen molar-refractivity contribution in [3.05, 3.63) is 29.3 Å². The smallest absolute Gasteiger partial charge is 0.256 e. The molecule has 0 fully saturated rings. The molecule has 0 bridgehead atoms. The third-order valence-corrected chi connectivity index (χ3v) is 3.31. The molecule has 1 amide bonds. The second-order valence-electron chi connectivity index (χ2n) is 4.55. The van der Waals surface area contributed by atoms with Gasteiger partial charge in [-0.05, 0) is 18.9 Å². The molecule has 0 unspecified atom stereocenters. The number of anilines is 1. The van der Waals surface area contributed by atoms with Crippen LogP contribution in [0.2, 0.25) is 0 Å². The Kier molecular flexibility index (Phi) is 5.88. The van der Waals surface area contributed by atoms with E-state index in [1.54, 1.807) is 0 Å². The van der Waals surface area contributed by atoms with Crippen molar-refractivity contribution in [3.8, 4) is 0 Å². The van der Waals surface area contributed by atoms with E-state index in [9.17, 15) is 13.6 Å². The average Bonchev–Trinajstić information content (AvgIpc) is 2.42.